The Morgan fingerprint density at radius 2 is 1.96 bits per heavy atom. The number of hydrogen-bond acceptors (Lipinski definition) is 5. The van der Waals surface area contributed by atoms with Crippen molar-refractivity contribution in [2.24, 2.45) is 5.14 Å². The van der Waals surface area contributed by atoms with Gasteiger partial charge >= 0.3 is 0 Å². The van der Waals surface area contributed by atoms with Crippen molar-refractivity contribution in [3.63, 3.8) is 0 Å². The van der Waals surface area contributed by atoms with Crippen LogP contribution >= 0.6 is 11.3 Å². The van der Waals surface area contributed by atoms with E-state index in [-0.39, 0.29) is 10.5 Å². The summed E-state index contributed by atoms with van der Waals surface area (Å²) in [5.74, 6) is -0.424. The molecule has 8 heteroatoms. The van der Waals surface area contributed by atoms with Crippen LogP contribution in [0.25, 0.3) is 10.2 Å². The van der Waals surface area contributed by atoms with Gasteiger partial charge in [0.25, 0.3) is 5.91 Å². The lowest BCUT2D eigenvalue weighted by Crippen LogP contribution is -2.16. The number of sulfonamides is 1. The maximum absolute atomic E-state index is 12.4. The Bertz CT molecular complexity index is 977. The van der Waals surface area contributed by atoms with Crippen LogP contribution < -0.4 is 10.5 Å². The molecule has 23 heavy (non-hydrogen) atoms. The van der Waals surface area contributed by atoms with Gasteiger partial charge in [0.05, 0.1) is 15.1 Å². The van der Waals surface area contributed by atoms with Crippen molar-refractivity contribution >= 4 is 42.6 Å². The van der Waals surface area contributed by atoms with Crippen molar-refractivity contribution in [2.45, 2.75) is 11.8 Å². The van der Waals surface area contributed by atoms with E-state index < -0.39 is 15.9 Å². The van der Waals surface area contributed by atoms with Crippen LogP contribution in [0, 0.1) is 6.92 Å². The van der Waals surface area contributed by atoms with Crippen molar-refractivity contribution in [3.8, 4) is 0 Å². The zero-order valence-corrected chi connectivity index (χ0v) is 13.7. The third-order valence-electron chi connectivity index (χ3n) is 3.30. The number of carbonyl (C=O) groups is 1. The van der Waals surface area contributed by atoms with Gasteiger partial charge in [0.2, 0.25) is 10.0 Å². The molecule has 1 aromatic heterocycles. The summed E-state index contributed by atoms with van der Waals surface area (Å²) in [6.07, 6.45) is 0. The van der Waals surface area contributed by atoms with Gasteiger partial charge in [-0.2, -0.15) is 0 Å². The number of nitrogens with zero attached hydrogens (tertiary/aromatic N) is 1. The van der Waals surface area contributed by atoms with Gasteiger partial charge in [0, 0.05) is 5.56 Å². The van der Waals surface area contributed by atoms with E-state index in [2.05, 4.69) is 10.3 Å². The highest BCUT2D eigenvalue weighted by Gasteiger charge is 2.16. The van der Waals surface area contributed by atoms with Crippen molar-refractivity contribution in [2.75, 3.05) is 5.32 Å². The predicted molar refractivity (Wildman–Crippen MR) is 90.1 cm³/mol. The minimum Gasteiger partial charge on any atom is -0.298 e. The topological polar surface area (TPSA) is 102 Å². The van der Waals surface area contributed by atoms with Gasteiger partial charge in [-0.1, -0.05) is 29.5 Å². The Morgan fingerprint density at radius 1 is 1.22 bits per heavy atom. The average Bonchev–Trinajstić information content (AvgIpc) is 2.88. The number of hydrogen-bond donors (Lipinski definition) is 2. The third kappa shape index (κ3) is 3.24. The standard InChI is InChI=1S/C15H13N3O3S2/c1-9-6-7-10(23(16,20)21)8-11(9)14(19)18-15-17-12-4-2-3-5-13(12)22-15/h2-8H,1H3,(H2,16,20,21)(H,17,18,19). The quantitative estimate of drug-likeness (QED) is 0.760. The van der Waals surface area contributed by atoms with Crippen molar-refractivity contribution < 1.29 is 13.2 Å². The van der Waals surface area contributed by atoms with E-state index in [1.807, 2.05) is 24.3 Å². The number of thiazole rings is 1. The van der Waals surface area contributed by atoms with Crippen LogP contribution in [0.5, 0.6) is 0 Å². The maximum atomic E-state index is 12.4. The number of amides is 1. The molecule has 1 heterocycles. The Balaban J connectivity index is 1.94. The molecule has 0 aliphatic rings. The first-order chi connectivity index (χ1) is 10.8. The lowest BCUT2D eigenvalue weighted by molar-refractivity contribution is 0.102. The van der Waals surface area contributed by atoms with Crippen LogP contribution in [0.15, 0.2) is 47.4 Å². The second-order valence-electron chi connectivity index (χ2n) is 4.96. The first-order valence-corrected chi connectivity index (χ1v) is 9.01. The lowest BCUT2D eigenvalue weighted by atomic mass is 10.1. The van der Waals surface area contributed by atoms with Crippen LogP contribution in [0.3, 0.4) is 0 Å². The van der Waals surface area contributed by atoms with Crippen molar-refractivity contribution in [3.05, 3.63) is 53.6 Å². The summed E-state index contributed by atoms with van der Waals surface area (Å²) in [4.78, 5) is 16.6. The van der Waals surface area contributed by atoms with Crippen LogP contribution in [-0.2, 0) is 10.0 Å². The number of benzene rings is 2. The smallest absolute Gasteiger partial charge is 0.257 e. The molecule has 3 aromatic rings. The molecule has 0 aliphatic heterocycles. The number of para-hydroxylation sites is 1. The summed E-state index contributed by atoms with van der Waals surface area (Å²) < 4.78 is 23.8. The average molecular weight is 347 g/mol. The third-order valence-corrected chi connectivity index (χ3v) is 5.16. The molecule has 0 atom stereocenters. The molecule has 3 rings (SSSR count). The summed E-state index contributed by atoms with van der Waals surface area (Å²) >= 11 is 1.35. The molecule has 6 nitrogen and oxygen atoms in total. The molecular formula is C15H13N3O3S2. The van der Waals surface area contributed by atoms with E-state index >= 15 is 0 Å². The highest BCUT2D eigenvalue weighted by atomic mass is 32.2. The number of anilines is 1. The molecule has 0 bridgehead atoms. The van der Waals surface area contributed by atoms with Crippen LogP contribution in [0.4, 0.5) is 5.13 Å². The molecule has 0 aliphatic carbocycles. The van der Waals surface area contributed by atoms with Gasteiger partial charge in [-0.3, -0.25) is 10.1 Å². The van der Waals surface area contributed by atoms with Gasteiger partial charge in [0.15, 0.2) is 5.13 Å². The van der Waals surface area contributed by atoms with Gasteiger partial charge in [-0.25, -0.2) is 18.5 Å². The normalized spacial score (nSPS) is 11.6. The van der Waals surface area contributed by atoms with E-state index in [9.17, 15) is 13.2 Å². The van der Waals surface area contributed by atoms with Gasteiger partial charge in [-0.05, 0) is 36.8 Å². The summed E-state index contributed by atoms with van der Waals surface area (Å²) in [5, 5.41) is 8.26. The second-order valence-corrected chi connectivity index (χ2v) is 7.55. The number of carbonyl (C=O) groups excluding carboxylic acids is 1. The lowest BCUT2D eigenvalue weighted by Gasteiger charge is -2.07. The summed E-state index contributed by atoms with van der Waals surface area (Å²) in [5.41, 5.74) is 1.69. The van der Waals surface area contributed by atoms with Crippen molar-refractivity contribution in [1.82, 2.24) is 4.98 Å². The number of nitrogens with two attached hydrogens (primary N) is 1. The number of rotatable bonds is 3. The summed E-state index contributed by atoms with van der Waals surface area (Å²) in [6.45, 7) is 1.72. The predicted octanol–water partition coefficient (Wildman–Crippen LogP) is 2.50. The fraction of sp³-hybridized carbons (Fsp3) is 0.0667. The van der Waals surface area contributed by atoms with Gasteiger partial charge in [-0.15, -0.1) is 0 Å². The number of nitrogens with one attached hydrogen (secondary N) is 1. The molecule has 2 aromatic carbocycles. The fourth-order valence-corrected chi connectivity index (χ4v) is 3.51. The van der Waals surface area contributed by atoms with Gasteiger partial charge in [0.1, 0.15) is 0 Å². The molecule has 0 spiro atoms. The molecular weight excluding hydrogens is 334 g/mol. The highest BCUT2D eigenvalue weighted by Crippen LogP contribution is 2.26. The zero-order chi connectivity index (χ0) is 16.6. The monoisotopic (exact) mass is 347 g/mol. The largest absolute Gasteiger partial charge is 0.298 e. The zero-order valence-electron chi connectivity index (χ0n) is 12.1. The molecule has 0 unspecified atom stereocenters. The molecule has 0 fully saturated rings. The van der Waals surface area contributed by atoms with E-state index in [1.54, 1.807) is 13.0 Å². The molecule has 118 valence electrons. The van der Waals surface area contributed by atoms with Crippen LogP contribution in [0.1, 0.15) is 15.9 Å². The molecule has 3 N–H and O–H groups in total. The highest BCUT2D eigenvalue weighted by molar-refractivity contribution is 7.89. The first kappa shape index (κ1) is 15.6. The molecule has 0 saturated heterocycles. The Morgan fingerprint density at radius 3 is 2.65 bits per heavy atom. The summed E-state index contributed by atoms with van der Waals surface area (Å²) in [6, 6.07) is 11.7. The number of fused-ring (bicyclic) bond motifs is 1. The molecule has 0 radical (unpaired) electrons. The van der Waals surface area contributed by atoms with Crippen LogP contribution in [0.2, 0.25) is 0 Å². The van der Waals surface area contributed by atoms with Crippen molar-refractivity contribution in [1.29, 1.82) is 0 Å². The van der Waals surface area contributed by atoms with Crippen LogP contribution in [-0.4, -0.2) is 19.3 Å². The Labute approximate surface area is 137 Å². The first-order valence-electron chi connectivity index (χ1n) is 6.65. The fourth-order valence-electron chi connectivity index (χ4n) is 2.11. The number of primary sulfonamides is 1. The Hall–Kier alpha value is -2.29. The molecule has 0 saturated carbocycles. The maximum Gasteiger partial charge on any atom is 0.257 e. The van der Waals surface area contributed by atoms with E-state index in [4.69, 9.17) is 5.14 Å². The van der Waals surface area contributed by atoms with E-state index in [1.165, 1.54) is 23.5 Å². The van der Waals surface area contributed by atoms with E-state index in [0.29, 0.717) is 10.7 Å². The second kappa shape index (κ2) is 5.73. The molecule has 1 amide bonds. The minimum atomic E-state index is -3.86. The number of aryl methyl sites for hydroxylation is 1. The van der Waals surface area contributed by atoms with Gasteiger partial charge < -0.3 is 0 Å². The summed E-state index contributed by atoms with van der Waals surface area (Å²) in [7, 11) is -3.86. The SMILES string of the molecule is Cc1ccc(S(N)(=O)=O)cc1C(=O)Nc1nc2ccccc2s1. The minimum absolute atomic E-state index is 0.0995. The van der Waals surface area contributed by atoms with E-state index in [0.717, 1.165) is 10.2 Å². The number of aromatic nitrogens is 1. The Kier molecular flexibility index (Phi) is 3.88.